The molecule has 1 saturated heterocycles. The molecule has 1 aliphatic heterocycles. The minimum atomic E-state index is 0.807. The van der Waals surface area contributed by atoms with Crippen LogP contribution in [0.25, 0.3) is 0 Å². The fraction of sp³-hybridized carbons (Fsp3) is 1.00. The van der Waals surface area contributed by atoms with Crippen molar-refractivity contribution in [3.63, 3.8) is 0 Å². The van der Waals surface area contributed by atoms with Crippen LogP contribution in [-0.4, -0.2) is 49.1 Å². The van der Waals surface area contributed by atoms with Gasteiger partial charge in [-0.2, -0.15) is 0 Å². The molecular formula is C13H28N2. The van der Waals surface area contributed by atoms with Crippen molar-refractivity contribution in [3.05, 3.63) is 0 Å². The lowest BCUT2D eigenvalue weighted by Crippen LogP contribution is -2.34. The van der Waals surface area contributed by atoms with Crippen molar-refractivity contribution < 1.29 is 0 Å². The Labute approximate surface area is 95.6 Å². The van der Waals surface area contributed by atoms with Gasteiger partial charge in [-0.1, -0.05) is 27.7 Å². The number of hydrogen-bond donors (Lipinski definition) is 0. The van der Waals surface area contributed by atoms with Gasteiger partial charge in [0.2, 0.25) is 0 Å². The van der Waals surface area contributed by atoms with E-state index >= 15 is 0 Å². The van der Waals surface area contributed by atoms with E-state index in [1.165, 1.54) is 45.7 Å². The van der Waals surface area contributed by atoms with E-state index in [1.54, 1.807) is 0 Å². The summed E-state index contributed by atoms with van der Waals surface area (Å²) in [5, 5.41) is 0. The highest BCUT2D eigenvalue weighted by atomic mass is 15.2. The van der Waals surface area contributed by atoms with Crippen LogP contribution in [0.3, 0.4) is 0 Å². The quantitative estimate of drug-likeness (QED) is 0.705. The van der Waals surface area contributed by atoms with E-state index in [1.807, 2.05) is 0 Å². The van der Waals surface area contributed by atoms with Crippen LogP contribution in [0.15, 0.2) is 0 Å². The predicted molar refractivity (Wildman–Crippen MR) is 67.2 cm³/mol. The Morgan fingerprint density at radius 2 is 1.13 bits per heavy atom. The molecule has 0 radical (unpaired) electrons. The number of rotatable bonds is 4. The van der Waals surface area contributed by atoms with Gasteiger partial charge in [0, 0.05) is 26.2 Å². The van der Waals surface area contributed by atoms with Crippen LogP contribution in [0.2, 0.25) is 0 Å². The van der Waals surface area contributed by atoms with Crippen LogP contribution < -0.4 is 0 Å². The van der Waals surface area contributed by atoms with Crippen LogP contribution in [-0.2, 0) is 0 Å². The van der Waals surface area contributed by atoms with Gasteiger partial charge in [0.25, 0.3) is 0 Å². The molecule has 0 spiro atoms. The molecule has 0 amide bonds. The molecule has 2 heteroatoms. The highest BCUT2D eigenvalue weighted by molar-refractivity contribution is 4.71. The van der Waals surface area contributed by atoms with Gasteiger partial charge >= 0.3 is 0 Å². The summed E-state index contributed by atoms with van der Waals surface area (Å²) in [6.07, 6.45) is 1.35. The maximum absolute atomic E-state index is 2.63. The third kappa shape index (κ3) is 5.53. The molecule has 2 nitrogen and oxygen atoms in total. The van der Waals surface area contributed by atoms with Crippen molar-refractivity contribution in [1.29, 1.82) is 0 Å². The first-order valence-corrected chi connectivity index (χ1v) is 6.52. The first-order valence-electron chi connectivity index (χ1n) is 6.52. The van der Waals surface area contributed by atoms with Crippen molar-refractivity contribution in [1.82, 2.24) is 9.80 Å². The zero-order valence-electron chi connectivity index (χ0n) is 11.0. The zero-order chi connectivity index (χ0) is 11.3. The van der Waals surface area contributed by atoms with E-state index in [-0.39, 0.29) is 0 Å². The molecule has 0 aromatic carbocycles. The summed E-state index contributed by atoms with van der Waals surface area (Å²) in [4.78, 5) is 5.26. The summed E-state index contributed by atoms with van der Waals surface area (Å²) in [6, 6.07) is 0. The molecule has 0 unspecified atom stereocenters. The van der Waals surface area contributed by atoms with Gasteiger partial charge in [0.15, 0.2) is 0 Å². The lowest BCUT2D eigenvalue weighted by atomic mass is 10.2. The molecule has 0 aromatic rings. The molecule has 1 aliphatic rings. The van der Waals surface area contributed by atoms with Crippen molar-refractivity contribution in [2.24, 2.45) is 11.8 Å². The van der Waals surface area contributed by atoms with Gasteiger partial charge in [0.1, 0.15) is 0 Å². The summed E-state index contributed by atoms with van der Waals surface area (Å²) >= 11 is 0. The molecule has 1 heterocycles. The van der Waals surface area contributed by atoms with Crippen LogP contribution in [0.1, 0.15) is 34.1 Å². The molecule has 0 bridgehead atoms. The molecule has 0 aliphatic carbocycles. The Morgan fingerprint density at radius 3 is 1.47 bits per heavy atom. The summed E-state index contributed by atoms with van der Waals surface area (Å²) in [5.41, 5.74) is 0. The lowest BCUT2D eigenvalue weighted by Gasteiger charge is -2.24. The normalized spacial score (nSPS) is 21.2. The Morgan fingerprint density at radius 1 is 0.733 bits per heavy atom. The Bertz CT molecular complexity index is 148. The smallest absolute Gasteiger partial charge is 0.0109 e. The Balaban J connectivity index is 2.28. The molecule has 0 atom stereocenters. The molecule has 0 N–H and O–H groups in total. The summed E-state index contributed by atoms with van der Waals surface area (Å²) in [6.45, 7) is 16.9. The van der Waals surface area contributed by atoms with E-state index in [2.05, 4.69) is 37.5 Å². The Hall–Kier alpha value is -0.0800. The van der Waals surface area contributed by atoms with Crippen LogP contribution >= 0.6 is 0 Å². The topological polar surface area (TPSA) is 6.48 Å². The van der Waals surface area contributed by atoms with Gasteiger partial charge in [-0.25, -0.2) is 0 Å². The maximum Gasteiger partial charge on any atom is 0.0109 e. The second-order valence-corrected chi connectivity index (χ2v) is 5.74. The second-order valence-electron chi connectivity index (χ2n) is 5.74. The lowest BCUT2D eigenvalue weighted by molar-refractivity contribution is 0.227. The molecular weight excluding hydrogens is 184 g/mol. The SMILES string of the molecule is CC(C)CN1CCCN(CC(C)C)CC1. The third-order valence-corrected chi connectivity index (χ3v) is 2.93. The summed E-state index contributed by atoms with van der Waals surface area (Å²) < 4.78 is 0. The van der Waals surface area contributed by atoms with Gasteiger partial charge in [-0.15, -0.1) is 0 Å². The summed E-state index contributed by atoms with van der Waals surface area (Å²) in [7, 11) is 0. The number of nitrogens with zero attached hydrogens (tertiary/aromatic N) is 2. The highest BCUT2D eigenvalue weighted by Crippen LogP contribution is 2.07. The fourth-order valence-corrected chi connectivity index (χ4v) is 2.42. The average Bonchev–Trinajstić information content (AvgIpc) is 2.29. The first kappa shape index (κ1) is 13.0. The maximum atomic E-state index is 2.63. The zero-order valence-corrected chi connectivity index (χ0v) is 11.0. The summed E-state index contributed by atoms with van der Waals surface area (Å²) in [5.74, 6) is 1.61. The van der Waals surface area contributed by atoms with Gasteiger partial charge < -0.3 is 9.80 Å². The number of hydrogen-bond acceptors (Lipinski definition) is 2. The molecule has 0 aromatic heterocycles. The van der Waals surface area contributed by atoms with Crippen molar-refractivity contribution in [2.45, 2.75) is 34.1 Å². The first-order chi connectivity index (χ1) is 7.08. The monoisotopic (exact) mass is 212 g/mol. The van der Waals surface area contributed by atoms with E-state index in [4.69, 9.17) is 0 Å². The van der Waals surface area contributed by atoms with Gasteiger partial charge in [0.05, 0.1) is 0 Å². The second kappa shape index (κ2) is 6.49. The molecule has 1 fully saturated rings. The van der Waals surface area contributed by atoms with Crippen LogP contribution in [0, 0.1) is 11.8 Å². The van der Waals surface area contributed by atoms with Gasteiger partial charge in [-0.05, 0) is 31.3 Å². The van der Waals surface area contributed by atoms with Crippen molar-refractivity contribution >= 4 is 0 Å². The van der Waals surface area contributed by atoms with E-state index in [9.17, 15) is 0 Å². The molecule has 0 saturated carbocycles. The minimum Gasteiger partial charge on any atom is -0.302 e. The highest BCUT2D eigenvalue weighted by Gasteiger charge is 2.15. The van der Waals surface area contributed by atoms with Gasteiger partial charge in [-0.3, -0.25) is 0 Å². The third-order valence-electron chi connectivity index (χ3n) is 2.93. The standard InChI is InChI=1S/C13H28N2/c1-12(2)10-14-6-5-7-15(9-8-14)11-13(3)4/h12-13H,5-11H2,1-4H3. The molecule has 1 rings (SSSR count). The molecule has 90 valence electrons. The fourth-order valence-electron chi connectivity index (χ4n) is 2.42. The largest absolute Gasteiger partial charge is 0.302 e. The van der Waals surface area contributed by atoms with Crippen LogP contribution in [0.5, 0.6) is 0 Å². The van der Waals surface area contributed by atoms with E-state index in [0.717, 1.165) is 11.8 Å². The van der Waals surface area contributed by atoms with Crippen molar-refractivity contribution in [2.75, 3.05) is 39.3 Å². The van der Waals surface area contributed by atoms with Crippen LogP contribution in [0.4, 0.5) is 0 Å². The molecule has 15 heavy (non-hydrogen) atoms. The predicted octanol–water partition coefficient (Wildman–Crippen LogP) is 2.31. The van der Waals surface area contributed by atoms with E-state index < -0.39 is 0 Å². The van der Waals surface area contributed by atoms with E-state index in [0.29, 0.717) is 0 Å². The Kier molecular flexibility index (Phi) is 5.62. The minimum absolute atomic E-state index is 0.807. The van der Waals surface area contributed by atoms with Crippen molar-refractivity contribution in [3.8, 4) is 0 Å². The average molecular weight is 212 g/mol.